The van der Waals surface area contributed by atoms with E-state index in [2.05, 4.69) is 45.2 Å². The van der Waals surface area contributed by atoms with Crippen LogP contribution >= 0.6 is 15.9 Å². The Kier molecular flexibility index (Phi) is 5.04. The number of benzene rings is 2. The lowest BCUT2D eigenvalue weighted by Crippen LogP contribution is -2.50. The summed E-state index contributed by atoms with van der Waals surface area (Å²) < 4.78 is 14.7. The normalized spacial score (nSPS) is 14.6. The summed E-state index contributed by atoms with van der Waals surface area (Å²) in [6.07, 6.45) is 0. The number of rotatable bonds is 2. The minimum atomic E-state index is -0.421. The van der Waals surface area contributed by atoms with Crippen molar-refractivity contribution in [3.8, 4) is 0 Å². The van der Waals surface area contributed by atoms with Crippen molar-refractivity contribution in [3.63, 3.8) is 0 Å². The fraction of sp³-hybridized carbons (Fsp3) is 0.278. The van der Waals surface area contributed by atoms with Gasteiger partial charge < -0.3 is 15.1 Å². The number of amides is 2. The molecule has 6 heteroatoms. The minimum Gasteiger partial charge on any atom is -0.368 e. The Labute approximate surface area is 149 Å². The maximum Gasteiger partial charge on any atom is 0.322 e. The van der Waals surface area contributed by atoms with Gasteiger partial charge in [0.25, 0.3) is 0 Å². The zero-order valence-corrected chi connectivity index (χ0v) is 15.0. The summed E-state index contributed by atoms with van der Waals surface area (Å²) in [5.41, 5.74) is 2.56. The van der Waals surface area contributed by atoms with E-state index in [1.165, 1.54) is 11.6 Å². The molecule has 3 rings (SSSR count). The number of aryl methyl sites for hydroxylation is 1. The Morgan fingerprint density at radius 1 is 1.12 bits per heavy atom. The molecule has 0 aromatic heterocycles. The summed E-state index contributed by atoms with van der Waals surface area (Å²) >= 11 is 3.51. The van der Waals surface area contributed by atoms with Gasteiger partial charge in [-0.3, -0.25) is 0 Å². The lowest BCUT2D eigenvalue weighted by Gasteiger charge is -2.36. The molecule has 0 aliphatic carbocycles. The number of halogens is 2. The third-order valence-corrected chi connectivity index (χ3v) is 5.08. The van der Waals surface area contributed by atoms with Crippen molar-refractivity contribution in [1.29, 1.82) is 0 Å². The van der Waals surface area contributed by atoms with Crippen LogP contribution in [-0.2, 0) is 0 Å². The molecule has 1 aliphatic heterocycles. The predicted molar refractivity (Wildman–Crippen MR) is 98.1 cm³/mol. The highest BCUT2D eigenvalue weighted by Crippen LogP contribution is 2.24. The maximum atomic E-state index is 13.6. The number of carbonyl (C=O) groups excluding carboxylic acids is 1. The Balaban J connectivity index is 1.59. The van der Waals surface area contributed by atoms with Gasteiger partial charge in [-0.15, -0.1) is 0 Å². The molecular weight excluding hydrogens is 373 g/mol. The van der Waals surface area contributed by atoms with E-state index in [0.29, 0.717) is 13.1 Å². The van der Waals surface area contributed by atoms with Crippen molar-refractivity contribution in [3.05, 3.63) is 58.3 Å². The first kappa shape index (κ1) is 16.8. The summed E-state index contributed by atoms with van der Waals surface area (Å²) in [6.45, 7) is 4.79. The third-order valence-electron chi connectivity index (χ3n) is 4.19. The first-order chi connectivity index (χ1) is 11.5. The third kappa shape index (κ3) is 3.70. The van der Waals surface area contributed by atoms with Crippen LogP contribution in [0.3, 0.4) is 0 Å². The average Bonchev–Trinajstić information content (AvgIpc) is 2.59. The fourth-order valence-electron chi connectivity index (χ4n) is 2.75. The molecular formula is C18H19BrFN3O. The van der Waals surface area contributed by atoms with Gasteiger partial charge in [0.05, 0.1) is 5.69 Å². The number of nitrogens with zero attached hydrogens (tertiary/aromatic N) is 2. The average molecular weight is 392 g/mol. The monoisotopic (exact) mass is 391 g/mol. The maximum absolute atomic E-state index is 13.6. The van der Waals surface area contributed by atoms with Crippen LogP contribution in [0.5, 0.6) is 0 Å². The molecule has 0 spiro atoms. The molecule has 24 heavy (non-hydrogen) atoms. The minimum absolute atomic E-state index is 0.216. The van der Waals surface area contributed by atoms with Crippen molar-refractivity contribution in [2.45, 2.75) is 6.92 Å². The fourth-order valence-corrected chi connectivity index (χ4v) is 3.00. The summed E-state index contributed by atoms with van der Waals surface area (Å²) in [5, 5.41) is 2.64. The lowest BCUT2D eigenvalue weighted by molar-refractivity contribution is 0.208. The van der Waals surface area contributed by atoms with Crippen LogP contribution in [0.15, 0.2) is 46.9 Å². The number of para-hydroxylation sites is 1. The Hall–Kier alpha value is -2.08. The first-order valence-electron chi connectivity index (χ1n) is 7.86. The van der Waals surface area contributed by atoms with Crippen LogP contribution in [0.1, 0.15) is 5.56 Å². The van der Waals surface area contributed by atoms with Gasteiger partial charge in [-0.2, -0.15) is 0 Å². The molecule has 126 valence electrons. The highest BCUT2D eigenvalue weighted by molar-refractivity contribution is 9.10. The number of hydrogen-bond donors (Lipinski definition) is 1. The highest BCUT2D eigenvalue weighted by Gasteiger charge is 2.22. The van der Waals surface area contributed by atoms with Gasteiger partial charge in [-0.05, 0) is 42.8 Å². The van der Waals surface area contributed by atoms with E-state index in [4.69, 9.17) is 0 Å². The second kappa shape index (κ2) is 7.21. The molecule has 0 saturated carbocycles. The van der Waals surface area contributed by atoms with Gasteiger partial charge in [0.2, 0.25) is 0 Å². The predicted octanol–water partition coefficient (Wildman–Crippen LogP) is 4.25. The van der Waals surface area contributed by atoms with Crippen LogP contribution in [0.4, 0.5) is 20.6 Å². The van der Waals surface area contributed by atoms with E-state index in [-0.39, 0.29) is 11.7 Å². The van der Waals surface area contributed by atoms with Gasteiger partial charge in [0.15, 0.2) is 0 Å². The number of urea groups is 1. The van der Waals surface area contributed by atoms with Crippen LogP contribution in [-0.4, -0.2) is 37.1 Å². The van der Waals surface area contributed by atoms with Gasteiger partial charge in [0, 0.05) is 36.3 Å². The van der Waals surface area contributed by atoms with Crippen LogP contribution in [0, 0.1) is 12.7 Å². The Morgan fingerprint density at radius 3 is 2.50 bits per heavy atom. The molecule has 0 atom stereocenters. The van der Waals surface area contributed by atoms with Crippen molar-refractivity contribution < 1.29 is 9.18 Å². The first-order valence-corrected chi connectivity index (χ1v) is 8.65. The summed E-state index contributed by atoms with van der Waals surface area (Å²) in [4.78, 5) is 16.3. The van der Waals surface area contributed by atoms with E-state index in [1.807, 2.05) is 6.07 Å². The smallest absolute Gasteiger partial charge is 0.322 e. The van der Waals surface area contributed by atoms with Crippen molar-refractivity contribution in [2.75, 3.05) is 36.4 Å². The Morgan fingerprint density at radius 2 is 1.83 bits per heavy atom. The van der Waals surface area contributed by atoms with E-state index in [0.717, 1.165) is 23.2 Å². The molecule has 1 aliphatic rings. The molecule has 1 fully saturated rings. The van der Waals surface area contributed by atoms with Crippen LogP contribution in [0.2, 0.25) is 0 Å². The molecule has 2 aromatic rings. The molecule has 1 saturated heterocycles. The number of carbonyl (C=O) groups is 1. The SMILES string of the molecule is Cc1cc(N2CCN(C(=O)Nc3ccccc3F)CC2)ccc1Br. The molecule has 4 nitrogen and oxygen atoms in total. The van der Waals surface area contributed by atoms with E-state index in [9.17, 15) is 9.18 Å². The molecule has 2 amide bonds. The second-order valence-corrected chi connectivity index (χ2v) is 6.67. The molecule has 2 aromatic carbocycles. The van der Waals surface area contributed by atoms with Crippen molar-refractivity contribution in [1.82, 2.24) is 4.90 Å². The van der Waals surface area contributed by atoms with Crippen molar-refractivity contribution >= 4 is 33.3 Å². The van der Waals surface area contributed by atoms with Crippen molar-refractivity contribution in [2.24, 2.45) is 0 Å². The molecule has 1 N–H and O–H groups in total. The zero-order valence-electron chi connectivity index (χ0n) is 13.4. The van der Waals surface area contributed by atoms with Crippen LogP contribution in [0.25, 0.3) is 0 Å². The van der Waals surface area contributed by atoms with Crippen LogP contribution < -0.4 is 10.2 Å². The summed E-state index contributed by atoms with van der Waals surface area (Å²) in [7, 11) is 0. The lowest BCUT2D eigenvalue weighted by atomic mass is 10.2. The zero-order chi connectivity index (χ0) is 17.1. The van der Waals surface area contributed by atoms with Gasteiger partial charge >= 0.3 is 6.03 Å². The van der Waals surface area contributed by atoms with Gasteiger partial charge in [-0.25, -0.2) is 9.18 Å². The highest BCUT2D eigenvalue weighted by atomic mass is 79.9. The molecule has 0 unspecified atom stereocenters. The van der Waals surface area contributed by atoms with Gasteiger partial charge in [0.1, 0.15) is 5.82 Å². The molecule has 1 heterocycles. The standard InChI is InChI=1S/C18H19BrFN3O/c1-13-12-14(6-7-15(13)19)22-8-10-23(11-9-22)18(24)21-17-5-3-2-4-16(17)20/h2-7,12H,8-11H2,1H3,(H,21,24). The quantitative estimate of drug-likeness (QED) is 0.830. The topological polar surface area (TPSA) is 35.6 Å². The molecule has 0 bridgehead atoms. The summed E-state index contributed by atoms with van der Waals surface area (Å²) in [5.74, 6) is -0.421. The number of anilines is 2. The van der Waals surface area contributed by atoms with E-state index < -0.39 is 5.82 Å². The Bertz CT molecular complexity index is 745. The largest absolute Gasteiger partial charge is 0.368 e. The van der Waals surface area contributed by atoms with Gasteiger partial charge in [-0.1, -0.05) is 28.1 Å². The number of nitrogens with one attached hydrogen (secondary N) is 1. The number of piperazine rings is 1. The second-order valence-electron chi connectivity index (χ2n) is 5.82. The summed E-state index contributed by atoms with van der Waals surface area (Å²) in [6, 6.07) is 12.2. The van der Waals surface area contributed by atoms with E-state index >= 15 is 0 Å². The molecule has 0 radical (unpaired) electrons. The number of hydrogen-bond acceptors (Lipinski definition) is 2. The van der Waals surface area contributed by atoms with E-state index in [1.54, 1.807) is 23.1 Å².